The minimum absolute atomic E-state index is 0.0443. The molecule has 2 atom stereocenters. The van der Waals surface area contributed by atoms with E-state index in [9.17, 15) is 4.79 Å². The van der Waals surface area contributed by atoms with Crippen LogP contribution in [0, 0.1) is 11.3 Å². The van der Waals surface area contributed by atoms with Crippen LogP contribution in [0.3, 0.4) is 0 Å². The summed E-state index contributed by atoms with van der Waals surface area (Å²) in [6, 6.07) is 2.84. The van der Waals surface area contributed by atoms with Gasteiger partial charge < -0.3 is 5.32 Å². The van der Waals surface area contributed by atoms with Gasteiger partial charge in [0.05, 0.1) is 12.5 Å². The third kappa shape index (κ3) is 2.61. The summed E-state index contributed by atoms with van der Waals surface area (Å²) in [5.74, 6) is 0.0443. The van der Waals surface area contributed by atoms with E-state index in [4.69, 9.17) is 5.26 Å². The fraction of sp³-hybridized carbons (Fsp3) is 0.846. The third-order valence-electron chi connectivity index (χ3n) is 4.06. The number of carbonyl (C=O) groups excluding carboxylic acids is 1. The van der Waals surface area contributed by atoms with E-state index in [1.165, 1.54) is 25.7 Å². The van der Waals surface area contributed by atoms with Crippen LogP contribution in [0.2, 0.25) is 0 Å². The van der Waals surface area contributed by atoms with Gasteiger partial charge in [-0.25, -0.2) is 0 Å². The Morgan fingerprint density at radius 2 is 2.12 bits per heavy atom. The van der Waals surface area contributed by atoms with Crippen molar-refractivity contribution >= 4 is 5.91 Å². The summed E-state index contributed by atoms with van der Waals surface area (Å²) in [6.07, 6.45) is 6.18. The van der Waals surface area contributed by atoms with Crippen molar-refractivity contribution in [2.75, 3.05) is 6.54 Å². The van der Waals surface area contributed by atoms with Gasteiger partial charge in [0.1, 0.15) is 6.04 Å². The maximum Gasteiger partial charge on any atom is 0.238 e. The smallest absolute Gasteiger partial charge is 0.238 e. The van der Waals surface area contributed by atoms with Crippen LogP contribution in [0.25, 0.3) is 0 Å². The first-order valence-electron chi connectivity index (χ1n) is 6.66. The topological polar surface area (TPSA) is 56.1 Å². The molecular formula is C13H21N3O. The molecule has 2 aliphatic rings. The summed E-state index contributed by atoms with van der Waals surface area (Å²) >= 11 is 0. The van der Waals surface area contributed by atoms with Gasteiger partial charge in [-0.15, -0.1) is 0 Å². The summed E-state index contributed by atoms with van der Waals surface area (Å²) in [5.41, 5.74) is 0. The number of carbonyl (C=O) groups is 1. The maximum atomic E-state index is 12.0. The maximum absolute atomic E-state index is 12.0. The highest BCUT2D eigenvalue weighted by Gasteiger charge is 2.37. The van der Waals surface area contributed by atoms with Crippen molar-refractivity contribution in [2.45, 2.75) is 63.6 Å². The fourth-order valence-corrected chi connectivity index (χ4v) is 3.22. The molecule has 0 aromatic rings. The highest BCUT2D eigenvalue weighted by atomic mass is 16.2. The van der Waals surface area contributed by atoms with Crippen LogP contribution in [0.1, 0.15) is 45.4 Å². The Hall–Kier alpha value is -1.08. The van der Waals surface area contributed by atoms with Crippen molar-refractivity contribution < 1.29 is 4.79 Å². The molecule has 0 aromatic heterocycles. The molecule has 1 heterocycles. The van der Waals surface area contributed by atoms with E-state index in [1.807, 2.05) is 0 Å². The van der Waals surface area contributed by atoms with E-state index in [0.29, 0.717) is 18.5 Å². The Morgan fingerprint density at radius 3 is 2.76 bits per heavy atom. The van der Waals surface area contributed by atoms with E-state index in [-0.39, 0.29) is 11.9 Å². The molecule has 1 amide bonds. The average molecular weight is 235 g/mol. The quantitative estimate of drug-likeness (QED) is 0.787. The first-order chi connectivity index (χ1) is 8.24. The molecule has 1 aliphatic carbocycles. The van der Waals surface area contributed by atoms with Gasteiger partial charge in [-0.05, 0) is 26.2 Å². The summed E-state index contributed by atoms with van der Waals surface area (Å²) in [7, 11) is 0. The molecule has 1 aliphatic heterocycles. The standard InChI is InChI=1S/C13H21N3O/c1-10-7-9-15-13(17)12(6-8-14)16(10)11-4-2-3-5-11/h10-12H,2-7,9H2,1H3,(H,15,17). The van der Waals surface area contributed by atoms with Crippen LogP contribution < -0.4 is 5.32 Å². The van der Waals surface area contributed by atoms with E-state index in [2.05, 4.69) is 23.2 Å². The van der Waals surface area contributed by atoms with Crippen molar-refractivity contribution in [1.82, 2.24) is 10.2 Å². The van der Waals surface area contributed by atoms with Crippen LogP contribution in [0.15, 0.2) is 0 Å². The van der Waals surface area contributed by atoms with Gasteiger partial charge in [0.2, 0.25) is 5.91 Å². The number of hydrogen-bond donors (Lipinski definition) is 1. The Labute approximate surface area is 103 Å². The predicted octanol–water partition coefficient (Wildman–Crippen LogP) is 1.42. The zero-order valence-corrected chi connectivity index (χ0v) is 10.5. The van der Waals surface area contributed by atoms with Crippen LogP contribution in [0.4, 0.5) is 0 Å². The highest BCUT2D eigenvalue weighted by molar-refractivity contribution is 5.82. The number of nitrogens with one attached hydrogen (secondary N) is 1. The van der Waals surface area contributed by atoms with Crippen molar-refractivity contribution in [2.24, 2.45) is 0 Å². The Kier molecular flexibility index (Phi) is 4.01. The summed E-state index contributed by atoms with van der Waals surface area (Å²) < 4.78 is 0. The van der Waals surface area contributed by atoms with Gasteiger partial charge in [0, 0.05) is 18.6 Å². The molecule has 1 saturated heterocycles. The summed E-state index contributed by atoms with van der Waals surface area (Å²) in [5, 5.41) is 11.8. The molecule has 4 heteroatoms. The fourth-order valence-electron chi connectivity index (χ4n) is 3.22. The first-order valence-corrected chi connectivity index (χ1v) is 6.66. The molecule has 1 N–H and O–H groups in total. The number of rotatable bonds is 2. The average Bonchev–Trinajstić information content (AvgIpc) is 2.77. The second kappa shape index (κ2) is 5.50. The molecule has 94 valence electrons. The minimum Gasteiger partial charge on any atom is -0.355 e. The molecule has 2 unspecified atom stereocenters. The number of amides is 1. The number of hydrogen-bond acceptors (Lipinski definition) is 3. The normalized spacial score (nSPS) is 31.9. The van der Waals surface area contributed by atoms with Gasteiger partial charge in [0.15, 0.2) is 0 Å². The number of nitriles is 1. The lowest BCUT2D eigenvalue weighted by Crippen LogP contribution is -2.51. The summed E-state index contributed by atoms with van der Waals surface area (Å²) in [4.78, 5) is 14.3. The van der Waals surface area contributed by atoms with Crippen molar-refractivity contribution in [3.8, 4) is 6.07 Å². The zero-order chi connectivity index (χ0) is 12.3. The van der Waals surface area contributed by atoms with Crippen LogP contribution in [-0.2, 0) is 4.79 Å². The highest BCUT2D eigenvalue weighted by Crippen LogP contribution is 2.29. The molecule has 0 aromatic carbocycles. The largest absolute Gasteiger partial charge is 0.355 e. The minimum atomic E-state index is -0.236. The van der Waals surface area contributed by atoms with E-state index < -0.39 is 0 Å². The number of nitrogens with zero attached hydrogens (tertiary/aromatic N) is 2. The summed E-state index contributed by atoms with van der Waals surface area (Å²) in [6.45, 7) is 2.92. The first kappa shape index (κ1) is 12.4. The molecule has 2 rings (SSSR count). The van der Waals surface area contributed by atoms with Crippen molar-refractivity contribution in [3.63, 3.8) is 0 Å². The van der Waals surface area contributed by atoms with E-state index in [0.717, 1.165) is 13.0 Å². The molecule has 0 spiro atoms. The molecule has 4 nitrogen and oxygen atoms in total. The van der Waals surface area contributed by atoms with Gasteiger partial charge in [-0.1, -0.05) is 12.8 Å². The van der Waals surface area contributed by atoms with Gasteiger partial charge in [0.25, 0.3) is 0 Å². The van der Waals surface area contributed by atoms with Crippen LogP contribution in [0.5, 0.6) is 0 Å². The second-order valence-electron chi connectivity index (χ2n) is 5.19. The van der Waals surface area contributed by atoms with Crippen molar-refractivity contribution in [1.29, 1.82) is 5.26 Å². The zero-order valence-electron chi connectivity index (χ0n) is 10.5. The van der Waals surface area contributed by atoms with Gasteiger partial charge >= 0.3 is 0 Å². The Morgan fingerprint density at radius 1 is 1.41 bits per heavy atom. The lowest BCUT2D eigenvalue weighted by Gasteiger charge is -2.37. The third-order valence-corrected chi connectivity index (χ3v) is 4.06. The lowest BCUT2D eigenvalue weighted by molar-refractivity contribution is -0.126. The van der Waals surface area contributed by atoms with Crippen LogP contribution >= 0.6 is 0 Å². The molecule has 0 radical (unpaired) electrons. The molecule has 0 bridgehead atoms. The molecule has 17 heavy (non-hydrogen) atoms. The van der Waals surface area contributed by atoms with Gasteiger partial charge in [-0.2, -0.15) is 5.26 Å². The molecule has 2 fully saturated rings. The Bertz CT molecular complexity index is 317. The lowest BCUT2D eigenvalue weighted by atomic mass is 10.0. The SMILES string of the molecule is CC1CCNC(=O)C(CC#N)N1C1CCCC1. The van der Waals surface area contributed by atoms with Gasteiger partial charge in [-0.3, -0.25) is 9.69 Å². The van der Waals surface area contributed by atoms with Crippen LogP contribution in [-0.4, -0.2) is 35.5 Å². The van der Waals surface area contributed by atoms with Crippen molar-refractivity contribution in [3.05, 3.63) is 0 Å². The monoisotopic (exact) mass is 235 g/mol. The van der Waals surface area contributed by atoms with E-state index >= 15 is 0 Å². The molecule has 1 saturated carbocycles. The molecular weight excluding hydrogens is 214 g/mol. The Balaban J connectivity index is 2.19. The van der Waals surface area contributed by atoms with E-state index in [1.54, 1.807) is 0 Å². The predicted molar refractivity (Wildman–Crippen MR) is 65.2 cm³/mol. The second-order valence-corrected chi connectivity index (χ2v) is 5.19.